The number of benzene rings is 4. The van der Waals surface area contributed by atoms with Crippen molar-refractivity contribution in [3.8, 4) is 33.3 Å². The number of nitrogens with zero attached hydrogens (tertiary/aromatic N) is 5. The van der Waals surface area contributed by atoms with Crippen molar-refractivity contribution in [2.75, 3.05) is 0 Å². The number of halogens is 2. The van der Waals surface area contributed by atoms with E-state index in [1.165, 1.54) is 11.3 Å². The van der Waals surface area contributed by atoms with E-state index < -0.39 is 0 Å². The fourth-order valence-corrected chi connectivity index (χ4v) is 6.75. The second-order valence-electron chi connectivity index (χ2n) is 10.3. The summed E-state index contributed by atoms with van der Waals surface area (Å²) in [6.07, 6.45) is 0. The molecule has 0 atom stereocenters. The lowest BCUT2D eigenvalue weighted by Gasteiger charge is -2.15. The monoisotopic (exact) mass is 629 g/mol. The summed E-state index contributed by atoms with van der Waals surface area (Å²) in [7, 11) is 0. The van der Waals surface area contributed by atoms with Gasteiger partial charge in [0.1, 0.15) is 16.5 Å². The first-order valence-corrected chi connectivity index (χ1v) is 15.5. The zero-order chi connectivity index (χ0) is 29.6. The molecule has 0 fully saturated rings. The molecule has 0 aliphatic heterocycles. The van der Waals surface area contributed by atoms with Gasteiger partial charge in [-0.1, -0.05) is 113 Å². The molecule has 4 heterocycles. The van der Waals surface area contributed by atoms with Crippen molar-refractivity contribution in [1.29, 1.82) is 0 Å². The Morgan fingerprint density at radius 2 is 1.39 bits per heavy atom. The first-order valence-electron chi connectivity index (χ1n) is 13.9. The van der Waals surface area contributed by atoms with Crippen LogP contribution in [0.3, 0.4) is 0 Å². The van der Waals surface area contributed by atoms with Gasteiger partial charge in [0.2, 0.25) is 4.96 Å². The van der Waals surface area contributed by atoms with Gasteiger partial charge in [-0.15, -0.1) is 10.2 Å². The molecule has 0 radical (unpaired) electrons. The van der Waals surface area contributed by atoms with E-state index in [1.807, 2.05) is 77.3 Å². The average Bonchev–Trinajstić information content (AvgIpc) is 3.81. The number of fused-ring (bicyclic) bond motifs is 2. The number of rotatable bonds is 6. The molecule has 0 aliphatic rings. The lowest BCUT2D eigenvalue weighted by atomic mass is 9.91. The molecule has 4 aromatic heterocycles. The average molecular weight is 631 g/mol. The van der Waals surface area contributed by atoms with Crippen LogP contribution in [0.25, 0.3) is 49.2 Å². The Morgan fingerprint density at radius 3 is 2.16 bits per heavy atom. The number of hydrogen-bond donors (Lipinski definition) is 0. The SMILES string of the molecule is Clc1ccc(Cl)c(-c2ccc(-c3cc(-c4nn5c(C(c6ccccc6)c6ccccc6)nnc5s4)c4ccccc4n3)o2)c1. The summed E-state index contributed by atoms with van der Waals surface area (Å²) in [6.45, 7) is 0. The lowest BCUT2D eigenvalue weighted by molar-refractivity contribution is 0.595. The predicted octanol–water partition coefficient (Wildman–Crippen LogP) is 9.81. The highest BCUT2D eigenvalue weighted by atomic mass is 35.5. The molecule has 44 heavy (non-hydrogen) atoms. The zero-order valence-electron chi connectivity index (χ0n) is 22.9. The van der Waals surface area contributed by atoms with Gasteiger partial charge < -0.3 is 4.42 Å². The molecule has 8 rings (SSSR count). The van der Waals surface area contributed by atoms with Crippen molar-refractivity contribution in [1.82, 2.24) is 24.8 Å². The molecule has 0 saturated heterocycles. The second kappa shape index (κ2) is 11.0. The van der Waals surface area contributed by atoms with E-state index in [0.29, 0.717) is 32.2 Å². The second-order valence-corrected chi connectivity index (χ2v) is 12.1. The fourth-order valence-electron chi connectivity index (χ4n) is 5.49. The summed E-state index contributed by atoms with van der Waals surface area (Å²) in [5, 5.41) is 17.2. The van der Waals surface area contributed by atoms with Crippen LogP contribution < -0.4 is 0 Å². The number of furan rings is 1. The van der Waals surface area contributed by atoms with Crippen LogP contribution in [-0.4, -0.2) is 24.8 Å². The van der Waals surface area contributed by atoms with E-state index in [-0.39, 0.29) is 5.92 Å². The Balaban J connectivity index is 1.26. The summed E-state index contributed by atoms with van der Waals surface area (Å²) in [6, 6.07) is 39.8. The van der Waals surface area contributed by atoms with Gasteiger partial charge in [-0.3, -0.25) is 0 Å². The molecule has 4 aromatic carbocycles. The third-order valence-electron chi connectivity index (χ3n) is 7.54. The van der Waals surface area contributed by atoms with E-state index in [4.69, 9.17) is 37.7 Å². The third-order valence-corrected chi connectivity index (χ3v) is 9.03. The Morgan fingerprint density at radius 1 is 0.682 bits per heavy atom. The molecule has 0 bridgehead atoms. The van der Waals surface area contributed by atoms with Crippen molar-refractivity contribution in [2.24, 2.45) is 0 Å². The van der Waals surface area contributed by atoms with Crippen LogP contribution in [0.5, 0.6) is 0 Å². The highest BCUT2D eigenvalue weighted by Gasteiger charge is 2.25. The minimum Gasteiger partial charge on any atom is -0.454 e. The maximum Gasteiger partial charge on any atom is 0.235 e. The highest BCUT2D eigenvalue weighted by molar-refractivity contribution is 7.19. The number of aromatic nitrogens is 5. The molecule has 9 heteroatoms. The zero-order valence-corrected chi connectivity index (χ0v) is 25.3. The van der Waals surface area contributed by atoms with Crippen LogP contribution in [0.15, 0.2) is 126 Å². The predicted molar refractivity (Wildman–Crippen MR) is 176 cm³/mol. The highest BCUT2D eigenvalue weighted by Crippen LogP contribution is 2.39. The Bertz CT molecular complexity index is 2240. The minimum atomic E-state index is -0.132. The molecular formula is C35H21Cl2N5OS. The molecule has 6 nitrogen and oxygen atoms in total. The Labute approximate surface area is 266 Å². The van der Waals surface area contributed by atoms with E-state index in [1.54, 1.807) is 18.2 Å². The number of pyridine rings is 1. The van der Waals surface area contributed by atoms with Gasteiger partial charge >= 0.3 is 0 Å². The van der Waals surface area contributed by atoms with Gasteiger partial charge in [0.15, 0.2) is 11.6 Å². The summed E-state index contributed by atoms with van der Waals surface area (Å²) < 4.78 is 8.14. The van der Waals surface area contributed by atoms with Gasteiger partial charge in [0.05, 0.1) is 16.5 Å². The van der Waals surface area contributed by atoms with Crippen LogP contribution in [0, 0.1) is 0 Å². The third kappa shape index (κ3) is 4.75. The first kappa shape index (κ1) is 26.8. The van der Waals surface area contributed by atoms with Crippen LogP contribution in [0.1, 0.15) is 22.9 Å². The summed E-state index contributed by atoms with van der Waals surface area (Å²) >= 11 is 14.2. The molecular weight excluding hydrogens is 609 g/mol. The molecule has 212 valence electrons. The van der Waals surface area contributed by atoms with Gasteiger partial charge in [-0.2, -0.15) is 9.61 Å². The van der Waals surface area contributed by atoms with E-state index in [2.05, 4.69) is 40.5 Å². The molecule has 0 unspecified atom stereocenters. The first-order chi connectivity index (χ1) is 21.6. The van der Waals surface area contributed by atoms with Gasteiger partial charge in [0.25, 0.3) is 0 Å². The van der Waals surface area contributed by atoms with E-state index in [9.17, 15) is 0 Å². The van der Waals surface area contributed by atoms with Crippen LogP contribution in [0.2, 0.25) is 10.0 Å². The summed E-state index contributed by atoms with van der Waals surface area (Å²) in [4.78, 5) is 5.65. The molecule has 0 N–H and O–H groups in total. The minimum absolute atomic E-state index is 0.132. The summed E-state index contributed by atoms with van der Waals surface area (Å²) in [5.41, 5.74) is 5.40. The van der Waals surface area contributed by atoms with Gasteiger partial charge in [-0.05, 0) is 53.6 Å². The smallest absolute Gasteiger partial charge is 0.235 e. The maximum atomic E-state index is 6.46. The van der Waals surface area contributed by atoms with Crippen molar-refractivity contribution in [2.45, 2.75) is 5.92 Å². The quantitative estimate of drug-likeness (QED) is 0.183. The van der Waals surface area contributed by atoms with Gasteiger partial charge in [-0.25, -0.2) is 4.98 Å². The molecule has 0 saturated carbocycles. The van der Waals surface area contributed by atoms with E-state index in [0.717, 1.165) is 44.0 Å². The van der Waals surface area contributed by atoms with Crippen LogP contribution in [0.4, 0.5) is 0 Å². The molecule has 0 amide bonds. The Hall–Kier alpha value is -4.82. The Kier molecular flexibility index (Phi) is 6.71. The van der Waals surface area contributed by atoms with Crippen LogP contribution >= 0.6 is 34.5 Å². The van der Waals surface area contributed by atoms with Crippen LogP contribution in [-0.2, 0) is 0 Å². The fraction of sp³-hybridized carbons (Fsp3) is 0.0286. The maximum absolute atomic E-state index is 6.46. The topological polar surface area (TPSA) is 69.1 Å². The van der Waals surface area contributed by atoms with Crippen molar-refractivity contribution >= 4 is 50.4 Å². The molecule has 8 aromatic rings. The molecule has 0 spiro atoms. The van der Waals surface area contributed by atoms with E-state index >= 15 is 0 Å². The number of para-hydroxylation sites is 1. The largest absolute Gasteiger partial charge is 0.454 e. The van der Waals surface area contributed by atoms with Crippen molar-refractivity contribution in [3.05, 3.63) is 148 Å². The molecule has 0 aliphatic carbocycles. The lowest BCUT2D eigenvalue weighted by Crippen LogP contribution is -2.08. The standard InChI is InChI=1S/C35H21Cl2N5OS/c36-23-15-16-27(37)26(19-23)30-17-18-31(43-30)29-20-25(24-13-7-8-14-28(24)38-29)34-41-42-33(39-40-35(42)44-34)32(21-9-3-1-4-10-21)22-11-5-2-6-12-22/h1-20,32H. The normalized spacial score (nSPS) is 11.6. The van der Waals surface area contributed by atoms with Crippen molar-refractivity contribution < 1.29 is 4.42 Å². The summed E-state index contributed by atoms with van der Waals surface area (Å²) in [5.74, 6) is 1.85. The number of hydrogen-bond acceptors (Lipinski definition) is 6. The van der Waals surface area contributed by atoms with Gasteiger partial charge in [0, 0.05) is 21.5 Å². The van der Waals surface area contributed by atoms with Crippen molar-refractivity contribution in [3.63, 3.8) is 0 Å².